The summed E-state index contributed by atoms with van der Waals surface area (Å²) in [6.45, 7) is 1.64. The zero-order valence-corrected chi connectivity index (χ0v) is 15.5. The Hall–Kier alpha value is -2.38. The molecule has 2 aromatic rings. The van der Waals surface area contributed by atoms with Crippen LogP contribution in [-0.4, -0.2) is 40.5 Å². The van der Waals surface area contributed by atoms with Crippen LogP contribution in [0.1, 0.15) is 23.2 Å². The highest BCUT2D eigenvalue weighted by molar-refractivity contribution is 7.92. The predicted molar refractivity (Wildman–Crippen MR) is 102 cm³/mol. The first-order valence-corrected chi connectivity index (χ1v) is 10.1. The third kappa shape index (κ3) is 3.89. The molecule has 2 aromatic carbocycles. The van der Waals surface area contributed by atoms with Crippen molar-refractivity contribution < 1.29 is 13.2 Å². The molecule has 1 atom stereocenters. The number of piperidine rings is 1. The van der Waals surface area contributed by atoms with Gasteiger partial charge in [-0.25, -0.2) is 8.42 Å². The second-order valence-corrected chi connectivity index (χ2v) is 8.26. The van der Waals surface area contributed by atoms with E-state index in [-0.39, 0.29) is 22.4 Å². The lowest BCUT2D eigenvalue weighted by Crippen LogP contribution is -2.46. The van der Waals surface area contributed by atoms with E-state index < -0.39 is 10.0 Å². The molecular weight excluding hydrogens is 350 g/mol. The largest absolute Gasteiger partial charge is 0.348 e. The zero-order chi connectivity index (χ0) is 18.6. The number of hydrogen-bond acceptors (Lipinski definition) is 4. The average molecular weight is 373 g/mol. The van der Waals surface area contributed by atoms with E-state index in [0.717, 1.165) is 19.4 Å². The smallest absolute Gasteiger partial charge is 0.264 e. The molecule has 3 rings (SSSR count). The van der Waals surface area contributed by atoms with Crippen molar-refractivity contribution in [2.75, 3.05) is 24.4 Å². The first kappa shape index (κ1) is 18.4. The van der Waals surface area contributed by atoms with Gasteiger partial charge >= 0.3 is 0 Å². The zero-order valence-electron chi connectivity index (χ0n) is 14.7. The summed E-state index contributed by atoms with van der Waals surface area (Å²) in [7, 11) is -2.36. The predicted octanol–water partition coefficient (Wildman–Crippen LogP) is 1.99. The first-order chi connectivity index (χ1) is 12.5. The highest BCUT2D eigenvalue weighted by Crippen LogP contribution is 2.24. The average Bonchev–Trinajstić information content (AvgIpc) is 2.69. The molecule has 0 radical (unpaired) electrons. The number of sulfonamides is 1. The Labute approximate surface area is 154 Å². The van der Waals surface area contributed by atoms with Gasteiger partial charge in [0.1, 0.15) is 4.90 Å². The number of nitrogens with zero attached hydrogens (tertiary/aromatic N) is 1. The molecule has 1 heterocycles. The van der Waals surface area contributed by atoms with E-state index in [0.29, 0.717) is 12.2 Å². The SMILES string of the molecule is CN(c1ccccc1)S(=O)(=O)c1ccccc1C(=O)N[C@H]1CCCNC1. The topological polar surface area (TPSA) is 78.5 Å². The van der Waals surface area contributed by atoms with Crippen LogP contribution in [-0.2, 0) is 10.0 Å². The van der Waals surface area contributed by atoms with Crippen LogP contribution in [0.3, 0.4) is 0 Å². The van der Waals surface area contributed by atoms with Crippen molar-refractivity contribution in [1.82, 2.24) is 10.6 Å². The molecule has 0 aromatic heterocycles. The Bertz CT molecular complexity index is 863. The molecule has 0 aliphatic carbocycles. The van der Waals surface area contributed by atoms with Gasteiger partial charge in [0.25, 0.3) is 15.9 Å². The molecule has 1 aliphatic rings. The Morgan fingerprint density at radius 1 is 1.12 bits per heavy atom. The monoisotopic (exact) mass is 373 g/mol. The molecular formula is C19H23N3O3S. The molecule has 2 N–H and O–H groups in total. The van der Waals surface area contributed by atoms with E-state index >= 15 is 0 Å². The van der Waals surface area contributed by atoms with Crippen molar-refractivity contribution in [3.63, 3.8) is 0 Å². The maximum Gasteiger partial charge on any atom is 0.264 e. The van der Waals surface area contributed by atoms with E-state index in [1.807, 2.05) is 6.07 Å². The lowest BCUT2D eigenvalue weighted by molar-refractivity contribution is 0.0927. The van der Waals surface area contributed by atoms with E-state index in [1.165, 1.54) is 17.4 Å². The van der Waals surface area contributed by atoms with Crippen molar-refractivity contribution in [3.05, 3.63) is 60.2 Å². The minimum absolute atomic E-state index is 0.00706. The summed E-state index contributed by atoms with van der Waals surface area (Å²) in [5.74, 6) is -0.362. The number of nitrogens with one attached hydrogen (secondary N) is 2. The summed E-state index contributed by atoms with van der Waals surface area (Å²) in [6.07, 6.45) is 1.87. The highest BCUT2D eigenvalue weighted by Gasteiger charge is 2.27. The number of hydrogen-bond donors (Lipinski definition) is 2. The van der Waals surface area contributed by atoms with Crippen LogP contribution >= 0.6 is 0 Å². The van der Waals surface area contributed by atoms with Gasteiger partial charge in [0.05, 0.1) is 11.3 Å². The standard InChI is InChI=1S/C19H23N3O3S/c1-22(16-9-3-2-4-10-16)26(24,25)18-12-6-5-11-17(18)19(23)21-15-8-7-13-20-14-15/h2-6,9-12,15,20H,7-8,13-14H2,1H3,(H,21,23)/t15-/m0/s1. The summed E-state index contributed by atoms with van der Waals surface area (Å²) in [6, 6.07) is 15.1. The van der Waals surface area contributed by atoms with Gasteiger partial charge in [0.15, 0.2) is 0 Å². The fourth-order valence-corrected chi connectivity index (χ4v) is 4.43. The molecule has 1 aliphatic heterocycles. The quantitative estimate of drug-likeness (QED) is 0.840. The number of carbonyl (C=O) groups is 1. The molecule has 1 saturated heterocycles. The third-order valence-corrected chi connectivity index (χ3v) is 6.37. The van der Waals surface area contributed by atoms with Gasteiger partial charge in [-0.05, 0) is 43.7 Å². The van der Waals surface area contributed by atoms with Crippen LogP contribution in [0, 0.1) is 0 Å². The molecule has 7 heteroatoms. The number of rotatable bonds is 5. The van der Waals surface area contributed by atoms with Crippen molar-refractivity contribution in [3.8, 4) is 0 Å². The first-order valence-electron chi connectivity index (χ1n) is 8.65. The Morgan fingerprint density at radius 2 is 1.81 bits per heavy atom. The minimum Gasteiger partial charge on any atom is -0.348 e. The minimum atomic E-state index is -3.85. The van der Waals surface area contributed by atoms with Crippen molar-refractivity contribution in [1.29, 1.82) is 0 Å². The van der Waals surface area contributed by atoms with Crippen LogP contribution in [0.15, 0.2) is 59.5 Å². The second-order valence-electron chi connectivity index (χ2n) is 6.32. The van der Waals surface area contributed by atoms with Crippen LogP contribution in [0.25, 0.3) is 0 Å². The summed E-state index contributed by atoms with van der Waals surface area (Å²) in [5, 5.41) is 6.18. The number of anilines is 1. The molecule has 1 fully saturated rings. The van der Waals surface area contributed by atoms with Gasteiger partial charge in [-0.3, -0.25) is 9.10 Å². The number of amides is 1. The third-order valence-electron chi connectivity index (χ3n) is 4.52. The van der Waals surface area contributed by atoms with Crippen LogP contribution in [0.2, 0.25) is 0 Å². The van der Waals surface area contributed by atoms with Crippen molar-refractivity contribution in [2.24, 2.45) is 0 Å². The van der Waals surface area contributed by atoms with Crippen LogP contribution in [0.4, 0.5) is 5.69 Å². The molecule has 1 amide bonds. The summed E-state index contributed by atoms with van der Waals surface area (Å²) in [5.41, 5.74) is 0.708. The lowest BCUT2D eigenvalue weighted by atomic mass is 10.1. The molecule has 0 bridgehead atoms. The van der Waals surface area contributed by atoms with Gasteiger partial charge in [-0.2, -0.15) is 0 Å². The Balaban J connectivity index is 1.89. The van der Waals surface area contributed by atoms with E-state index in [1.54, 1.807) is 42.5 Å². The Morgan fingerprint density at radius 3 is 2.50 bits per heavy atom. The normalized spacial score (nSPS) is 17.5. The van der Waals surface area contributed by atoms with Crippen LogP contribution in [0.5, 0.6) is 0 Å². The number of carbonyl (C=O) groups excluding carboxylic acids is 1. The summed E-state index contributed by atoms with van der Waals surface area (Å²) in [4.78, 5) is 12.7. The van der Waals surface area contributed by atoms with Crippen molar-refractivity contribution >= 4 is 21.6 Å². The fourth-order valence-electron chi connectivity index (χ4n) is 3.04. The lowest BCUT2D eigenvalue weighted by Gasteiger charge is -2.25. The highest BCUT2D eigenvalue weighted by atomic mass is 32.2. The molecule has 0 unspecified atom stereocenters. The molecule has 6 nitrogen and oxygen atoms in total. The number of benzene rings is 2. The maximum atomic E-state index is 13.1. The van der Waals surface area contributed by atoms with Gasteiger partial charge in [-0.1, -0.05) is 30.3 Å². The van der Waals surface area contributed by atoms with Crippen molar-refractivity contribution in [2.45, 2.75) is 23.8 Å². The Kier molecular flexibility index (Phi) is 5.58. The maximum absolute atomic E-state index is 13.1. The van der Waals surface area contributed by atoms with Gasteiger partial charge in [0, 0.05) is 19.6 Å². The van der Waals surface area contributed by atoms with E-state index in [4.69, 9.17) is 0 Å². The van der Waals surface area contributed by atoms with Gasteiger partial charge in [0.2, 0.25) is 0 Å². The fraction of sp³-hybridized carbons (Fsp3) is 0.316. The number of para-hydroxylation sites is 1. The van der Waals surface area contributed by atoms with Gasteiger partial charge < -0.3 is 10.6 Å². The molecule has 138 valence electrons. The van der Waals surface area contributed by atoms with Gasteiger partial charge in [-0.15, -0.1) is 0 Å². The summed E-state index contributed by atoms with van der Waals surface area (Å²) < 4.78 is 27.4. The van der Waals surface area contributed by atoms with Crippen LogP contribution < -0.4 is 14.9 Å². The second kappa shape index (κ2) is 7.88. The van der Waals surface area contributed by atoms with E-state index in [2.05, 4.69) is 10.6 Å². The van der Waals surface area contributed by atoms with E-state index in [9.17, 15) is 13.2 Å². The molecule has 0 spiro atoms. The summed E-state index contributed by atoms with van der Waals surface area (Å²) >= 11 is 0. The molecule has 0 saturated carbocycles. The molecule has 26 heavy (non-hydrogen) atoms.